The molecule has 0 amide bonds. The van der Waals surface area contributed by atoms with Crippen molar-refractivity contribution >= 4 is 0 Å². The maximum Gasteiger partial charge on any atom is 0.0235 e. The molecule has 0 unspecified atom stereocenters. The Morgan fingerprint density at radius 1 is 1.11 bits per heavy atom. The molecule has 1 aromatic carbocycles. The first-order valence-corrected chi connectivity index (χ1v) is 7.95. The predicted molar refractivity (Wildman–Crippen MR) is 78.3 cm³/mol. The SMILES string of the molecule is c1cc2c(cc1CN1C[C@@H]3CCCN[C@@H]3C1)CCC2. The van der Waals surface area contributed by atoms with Gasteiger partial charge in [0.25, 0.3) is 0 Å². The Balaban J connectivity index is 1.44. The summed E-state index contributed by atoms with van der Waals surface area (Å²) in [5, 5.41) is 3.70. The molecule has 0 bridgehead atoms. The van der Waals surface area contributed by atoms with E-state index in [4.69, 9.17) is 0 Å². The number of piperidine rings is 1. The normalized spacial score (nSPS) is 30.3. The molecule has 1 aliphatic carbocycles. The van der Waals surface area contributed by atoms with Gasteiger partial charge in [-0.2, -0.15) is 0 Å². The number of rotatable bonds is 2. The highest BCUT2D eigenvalue weighted by molar-refractivity contribution is 5.35. The van der Waals surface area contributed by atoms with E-state index in [1.54, 1.807) is 11.1 Å². The van der Waals surface area contributed by atoms with Crippen molar-refractivity contribution in [2.45, 2.75) is 44.7 Å². The average Bonchev–Trinajstić information content (AvgIpc) is 3.03. The van der Waals surface area contributed by atoms with E-state index in [9.17, 15) is 0 Å². The number of hydrogen-bond acceptors (Lipinski definition) is 2. The summed E-state index contributed by atoms with van der Waals surface area (Å²) in [7, 11) is 0. The molecule has 2 fully saturated rings. The van der Waals surface area contributed by atoms with E-state index in [1.807, 2.05) is 0 Å². The van der Waals surface area contributed by atoms with Crippen LogP contribution in [-0.4, -0.2) is 30.6 Å². The molecular weight excluding hydrogens is 232 g/mol. The fourth-order valence-corrected chi connectivity index (χ4v) is 4.25. The maximum absolute atomic E-state index is 3.70. The summed E-state index contributed by atoms with van der Waals surface area (Å²) >= 11 is 0. The van der Waals surface area contributed by atoms with E-state index in [0.29, 0.717) is 0 Å². The van der Waals surface area contributed by atoms with Gasteiger partial charge in [-0.3, -0.25) is 4.90 Å². The van der Waals surface area contributed by atoms with Crippen molar-refractivity contribution in [1.82, 2.24) is 10.2 Å². The Hall–Kier alpha value is -0.860. The Kier molecular flexibility index (Phi) is 3.08. The van der Waals surface area contributed by atoms with E-state index >= 15 is 0 Å². The first kappa shape index (κ1) is 11.9. The van der Waals surface area contributed by atoms with Crippen LogP contribution in [0.25, 0.3) is 0 Å². The second kappa shape index (κ2) is 4.92. The van der Waals surface area contributed by atoms with Gasteiger partial charge in [-0.05, 0) is 61.3 Å². The first-order chi connectivity index (χ1) is 9.38. The number of nitrogens with zero attached hydrogens (tertiary/aromatic N) is 1. The molecule has 0 aromatic heterocycles. The van der Waals surface area contributed by atoms with Gasteiger partial charge in [0.15, 0.2) is 0 Å². The predicted octanol–water partition coefficient (Wildman–Crippen LogP) is 2.36. The third kappa shape index (κ3) is 2.32. The zero-order chi connectivity index (χ0) is 12.7. The maximum atomic E-state index is 3.70. The van der Waals surface area contributed by atoms with Gasteiger partial charge in [0.1, 0.15) is 0 Å². The van der Waals surface area contributed by atoms with Crippen LogP contribution >= 0.6 is 0 Å². The summed E-state index contributed by atoms with van der Waals surface area (Å²) in [5.74, 6) is 0.906. The van der Waals surface area contributed by atoms with Gasteiger partial charge in [-0.15, -0.1) is 0 Å². The Bertz CT molecular complexity index is 454. The summed E-state index contributed by atoms with van der Waals surface area (Å²) in [6.45, 7) is 4.94. The summed E-state index contributed by atoms with van der Waals surface area (Å²) < 4.78 is 0. The van der Waals surface area contributed by atoms with Gasteiger partial charge in [-0.1, -0.05) is 18.2 Å². The van der Waals surface area contributed by atoms with Crippen LogP contribution in [0.2, 0.25) is 0 Å². The number of hydrogen-bond donors (Lipinski definition) is 1. The van der Waals surface area contributed by atoms with Crippen LogP contribution in [0.4, 0.5) is 0 Å². The van der Waals surface area contributed by atoms with Gasteiger partial charge < -0.3 is 5.32 Å². The molecule has 0 radical (unpaired) electrons. The van der Waals surface area contributed by atoms with Crippen LogP contribution < -0.4 is 5.32 Å². The molecule has 0 saturated carbocycles. The van der Waals surface area contributed by atoms with Gasteiger partial charge in [0.2, 0.25) is 0 Å². The molecule has 0 spiro atoms. The third-order valence-electron chi connectivity index (χ3n) is 5.24. The highest BCUT2D eigenvalue weighted by Gasteiger charge is 2.33. The minimum absolute atomic E-state index is 0.767. The summed E-state index contributed by atoms with van der Waals surface area (Å²) in [6.07, 6.45) is 6.76. The van der Waals surface area contributed by atoms with Crippen molar-refractivity contribution in [2.24, 2.45) is 5.92 Å². The molecule has 2 nitrogen and oxygen atoms in total. The quantitative estimate of drug-likeness (QED) is 0.874. The Morgan fingerprint density at radius 3 is 3.00 bits per heavy atom. The van der Waals surface area contributed by atoms with Gasteiger partial charge >= 0.3 is 0 Å². The number of aryl methyl sites for hydroxylation is 2. The Labute approximate surface area is 116 Å². The van der Waals surface area contributed by atoms with Gasteiger partial charge in [0.05, 0.1) is 0 Å². The lowest BCUT2D eigenvalue weighted by Crippen LogP contribution is -2.40. The van der Waals surface area contributed by atoms with Crippen LogP contribution in [0.1, 0.15) is 36.0 Å². The highest BCUT2D eigenvalue weighted by Crippen LogP contribution is 2.27. The van der Waals surface area contributed by atoms with E-state index in [1.165, 1.54) is 57.3 Å². The monoisotopic (exact) mass is 256 g/mol. The van der Waals surface area contributed by atoms with Crippen molar-refractivity contribution < 1.29 is 0 Å². The van der Waals surface area contributed by atoms with Crippen LogP contribution in [0, 0.1) is 5.92 Å². The van der Waals surface area contributed by atoms with E-state index in [0.717, 1.165) is 18.5 Å². The first-order valence-electron chi connectivity index (χ1n) is 7.95. The third-order valence-corrected chi connectivity index (χ3v) is 5.24. The standard InChI is InChI=1S/C17H24N2/c1-3-14-7-6-13(9-15(14)4-1)10-19-11-16-5-2-8-18-17(16)12-19/h6-7,9,16-18H,1-5,8,10-12H2/t16-,17+/m0/s1. The number of nitrogens with one attached hydrogen (secondary N) is 1. The molecule has 4 rings (SSSR count). The molecular formula is C17H24N2. The van der Waals surface area contributed by atoms with Crippen LogP contribution in [0.3, 0.4) is 0 Å². The summed E-state index contributed by atoms with van der Waals surface area (Å²) in [5.41, 5.74) is 4.74. The molecule has 2 heterocycles. The number of likely N-dealkylation sites (tertiary alicyclic amines) is 1. The van der Waals surface area contributed by atoms with Crippen molar-refractivity contribution in [2.75, 3.05) is 19.6 Å². The average molecular weight is 256 g/mol. The molecule has 2 atom stereocenters. The van der Waals surface area contributed by atoms with Crippen LogP contribution in [0.5, 0.6) is 0 Å². The van der Waals surface area contributed by atoms with Crippen molar-refractivity contribution in [3.05, 3.63) is 34.9 Å². The van der Waals surface area contributed by atoms with E-state index in [-0.39, 0.29) is 0 Å². The molecule has 1 N–H and O–H groups in total. The van der Waals surface area contributed by atoms with E-state index in [2.05, 4.69) is 28.4 Å². The lowest BCUT2D eigenvalue weighted by molar-refractivity contribution is 0.312. The number of benzene rings is 1. The molecule has 102 valence electrons. The highest BCUT2D eigenvalue weighted by atomic mass is 15.2. The minimum atomic E-state index is 0.767. The molecule has 1 aromatic rings. The molecule has 2 saturated heterocycles. The van der Waals surface area contributed by atoms with Crippen molar-refractivity contribution in [3.8, 4) is 0 Å². The smallest absolute Gasteiger partial charge is 0.0235 e. The number of fused-ring (bicyclic) bond motifs is 2. The van der Waals surface area contributed by atoms with Gasteiger partial charge in [-0.25, -0.2) is 0 Å². The van der Waals surface area contributed by atoms with Crippen molar-refractivity contribution in [1.29, 1.82) is 0 Å². The minimum Gasteiger partial charge on any atom is -0.312 e. The van der Waals surface area contributed by atoms with Gasteiger partial charge in [0, 0.05) is 25.7 Å². The topological polar surface area (TPSA) is 15.3 Å². The fraction of sp³-hybridized carbons (Fsp3) is 0.647. The van der Waals surface area contributed by atoms with Crippen LogP contribution in [-0.2, 0) is 19.4 Å². The lowest BCUT2D eigenvalue weighted by atomic mass is 9.94. The van der Waals surface area contributed by atoms with Crippen LogP contribution in [0.15, 0.2) is 18.2 Å². The molecule has 19 heavy (non-hydrogen) atoms. The second-order valence-electron chi connectivity index (χ2n) is 6.61. The fourth-order valence-electron chi connectivity index (χ4n) is 4.25. The summed E-state index contributed by atoms with van der Waals surface area (Å²) in [4.78, 5) is 2.66. The molecule has 2 heteroatoms. The zero-order valence-electron chi connectivity index (χ0n) is 11.7. The van der Waals surface area contributed by atoms with Crippen molar-refractivity contribution in [3.63, 3.8) is 0 Å². The molecule has 3 aliphatic rings. The second-order valence-corrected chi connectivity index (χ2v) is 6.61. The largest absolute Gasteiger partial charge is 0.312 e. The van der Waals surface area contributed by atoms with E-state index < -0.39 is 0 Å². The zero-order valence-corrected chi connectivity index (χ0v) is 11.7. The lowest BCUT2D eigenvalue weighted by Gasteiger charge is -2.24. The summed E-state index contributed by atoms with van der Waals surface area (Å²) in [6, 6.07) is 7.97. The Morgan fingerprint density at radius 2 is 2.05 bits per heavy atom. The molecule has 2 aliphatic heterocycles.